The van der Waals surface area contributed by atoms with Crippen LogP contribution >= 0.6 is 0 Å². The Morgan fingerprint density at radius 2 is 2.03 bits per heavy atom. The molecule has 1 N–H and O–H groups in total. The number of ether oxygens (including phenoxy) is 1. The van der Waals surface area contributed by atoms with Gasteiger partial charge in [0.05, 0.1) is 16.5 Å². The van der Waals surface area contributed by atoms with Gasteiger partial charge in [0.25, 0.3) is 6.08 Å². The highest BCUT2D eigenvalue weighted by Gasteiger charge is 2.48. The minimum absolute atomic E-state index is 0.00591. The summed E-state index contributed by atoms with van der Waals surface area (Å²) in [5, 5.41) is 2.53. The first-order valence-corrected chi connectivity index (χ1v) is 10.3. The van der Waals surface area contributed by atoms with Gasteiger partial charge in [-0.25, -0.2) is 4.39 Å². The quantitative estimate of drug-likeness (QED) is 0.572. The number of aromatic nitrogens is 2. The molecule has 2 aromatic rings. The highest BCUT2D eigenvalue weighted by Crippen LogP contribution is 2.44. The summed E-state index contributed by atoms with van der Waals surface area (Å²) in [5.74, 6) is -1.24. The zero-order chi connectivity index (χ0) is 24.1. The lowest BCUT2D eigenvalue weighted by molar-refractivity contribution is -0.137. The van der Waals surface area contributed by atoms with E-state index in [9.17, 15) is 26.3 Å². The van der Waals surface area contributed by atoms with Crippen molar-refractivity contribution in [2.45, 2.75) is 37.9 Å². The predicted molar refractivity (Wildman–Crippen MR) is 112 cm³/mol. The molecule has 0 aliphatic carbocycles. The van der Waals surface area contributed by atoms with Crippen molar-refractivity contribution in [3.8, 4) is 6.01 Å². The van der Waals surface area contributed by atoms with Crippen molar-refractivity contribution in [1.82, 2.24) is 14.9 Å². The molecule has 2 aliphatic heterocycles. The van der Waals surface area contributed by atoms with E-state index in [-0.39, 0.29) is 59.0 Å². The number of rotatable bonds is 5. The van der Waals surface area contributed by atoms with Crippen molar-refractivity contribution in [1.29, 1.82) is 0 Å². The fourth-order valence-electron chi connectivity index (χ4n) is 4.83. The van der Waals surface area contributed by atoms with E-state index in [4.69, 9.17) is 4.74 Å². The molecule has 1 atom stereocenters. The number of nitrogens with zero attached hydrogens (tertiary/aromatic N) is 3. The van der Waals surface area contributed by atoms with Crippen LogP contribution in [0.2, 0.25) is 0 Å². The third kappa shape index (κ3) is 4.03. The molecule has 0 amide bonds. The van der Waals surface area contributed by atoms with Gasteiger partial charge in [-0.1, -0.05) is 6.58 Å². The maximum Gasteiger partial charge on any atom is 0.417 e. The molecule has 0 radical (unpaired) electrons. The lowest BCUT2D eigenvalue weighted by atomic mass is 9.94. The molecule has 1 aromatic carbocycles. The number of allylic oxidation sites excluding steroid dienone is 1. The molecule has 178 valence electrons. The fraction of sp³-hybridized carbons (Fsp3) is 0.455. The summed E-state index contributed by atoms with van der Waals surface area (Å²) in [5.41, 5.74) is -2.34. The van der Waals surface area contributed by atoms with Crippen molar-refractivity contribution >= 4 is 22.3 Å². The minimum Gasteiger partial charge on any atom is -0.461 e. The standard InChI is InChI=1S/C22H22F6N4O/c1-11(2)15-13(22(26,27)28)7-14(23)17-16(15)19(29-3)31-20(30-17)33-10-21-5-4-6-32(21)9-12(8-21)18(24)25/h7H,1,4-6,8-10H2,2-3H3,(H,29,30,31). The molecule has 0 spiro atoms. The topological polar surface area (TPSA) is 50.3 Å². The van der Waals surface area contributed by atoms with Gasteiger partial charge in [0.1, 0.15) is 23.8 Å². The Hall–Kier alpha value is -2.82. The second kappa shape index (κ2) is 8.19. The highest BCUT2D eigenvalue weighted by molar-refractivity contribution is 6.00. The van der Waals surface area contributed by atoms with Crippen LogP contribution in [0.5, 0.6) is 6.01 Å². The molecule has 2 aliphatic rings. The van der Waals surface area contributed by atoms with Gasteiger partial charge in [-0.2, -0.15) is 31.9 Å². The van der Waals surface area contributed by atoms with E-state index in [1.165, 1.54) is 14.0 Å². The van der Waals surface area contributed by atoms with Gasteiger partial charge in [-0.15, -0.1) is 0 Å². The van der Waals surface area contributed by atoms with Crippen LogP contribution in [-0.2, 0) is 6.18 Å². The van der Waals surface area contributed by atoms with E-state index >= 15 is 0 Å². The van der Waals surface area contributed by atoms with Gasteiger partial charge < -0.3 is 10.1 Å². The number of hydrogen-bond donors (Lipinski definition) is 1. The lowest BCUT2D eigenvalue weighted by Gasteiger charge is -2.30. The van der Waals surface area contributed by atoms with Crippen LogP contribution in [-0.4, -0.2) is 47.2 Å². The number of nitrogens with one attached hydrogen (secondary N) is 1. The molecule has 1 unspecified atom stereocenters. The smallest absolute Gasteiger partial charge is 0.417 e. The van der Waals surface area contributed by atoms with Gasteiger partial charge in [0.15, 0.2) is 0 Å². The number of alkyl halides is 3. The number of fused-ring (bicyclic) bond motifs is 2. The van der Waals surface area contributed by atoms with Crippen molar-refractivity contribution < 1.29 is 31.1 Å². The predicted octanol–water partition coefficient (Wildman–Crippen LogP) is 5.63. The van der Waals surface area contributed by atoms with Gasteiger partial charge >= 0.3 is 12.2 Å². The van der Waals surface area contributed by atoms with E-state index in [0.717, 1.165) is 6.42 Å². The van der Waals surface area contributed by atoms with Crippen LogP contribution in [0.4, 0.5) is 32.2 Å². The molecule has 0 saturated carbocycles. The first-order valence-electron chi connectivity index (χ1n) is 10.3. The SMILES string of the molecule is C=C(C)c1c(C(F)(F)F)cc(F)c2nc(OCC34CCCN3CC(=C(F)F)C4)nc(NC)c12. The summed E-state index contributed by atoms with van der Waals surface area (Å²) in [4.78, 5) is 10.1. The molecule has 2 fully saturated rings. The van der Waals surface area contributed by atoms with E-state index < -0.39 is 29.2 Å². The Morgan fingerprint density at radius 1 is 1.30 bits per heavy atom. The Morgan fingerprint density at radius 3 is 2.64 bits per heavy atom. The van der Waals surface area contributed by atoms with E-state index in [1.54, 1.807) is 0 Å². The molecule has 5 nitrogen and oxygen atoms in total. The van der Waals surface area contributed by atoms with Crippen LogP contribution in [0.3, 0.4) is 0 Å². The van der Waals surface area contributed by atoms with Crippen molar-refractivity contribution in [2.75, 3.05) is 32.1 Å². The summed E-state index contributed by atoms with van der Waals surface area (Å²) in [6.45, 7) is 5.80. The summed E-state index contributed by atoms with van der Waals surface area (Å²) in [6, 6.07) is 0.135. The summed E-state index contributed by atoms with van der Waals surface area (Å²) in [7, 11) is 1.43. The molecule has 0 bridgehead atoms. The molecule has 33 heavy (non-hydrogen) atoms. The van der Waals surface area contributed by atoms with Crippen LogP contribution < -0.4 is 10.1 Å². The third-order valence-electron chi connectivity index (χ3n) is 6.28. The van der Waals surface area contributed by atoms with Crippen molar-refractivity contribution in [2.24, 2.45) is 0 Å². The molecule has 4 rings (SSSR count). The molecule has 2 saturated heterocycles. The number of benzene rings is 1. The molecule has 11 heteroatoms. The summed E-state index contributed by atoms with van der Waals surface area (Å²) in [6.07, 6.45) is -4.90. The van der Waals surface area contributed by atoms with E-state index in [1.807, 2.05) is 4.90 Å². The van der Waals surface area contributed by atoms with Gasteiger partial charge in [-0.05, 0) is 44.4 Å². The third-order valence-corrected chi connectivity index (χ3v) is 6.28. The van der Waals surface area contributed by atoms with Gasteiger partial charge in [0.2, 0.25) is 0 Å². The zero-order valence-electron chi connectivity index (χ0n) is 18.0. The molecule has 3 heterocycles. The Labute approximate surface area is 186 Å². The zero-order valence-corrected chi connectivity index (χ0v) is 18.0. The second-order valence-corrected chi connectivity index (χ2v) is 8.47. The number of halogens is 6. The maximum absolute atomic E-state index is 14.8. The molecule has 1 aromatic heterocycles. The monoisotopic (exact) mass is 472 g/mol. The highest BCUT2D eigenvalue weighted by atomic mass is 19.4. The number of hydrogen-bond acceptors (Lipinski definition) is 5. The van der Waals surface area contributed by atoms with Crippen molar-refractivity contribution in [3.63, 3.8) is 0 Å². The second-order valence-electron chi connectivity index (χ2n) is 8.47. The average molecular weight is 472 g/mol. The van der Waals surface area contributed by atoms with Crippen LogP contribution in [0.25, 0.3) is 16.5 Å². The van der Waals surface area contributed by atoms with Crippen molar-refractivity contribution in [3.05, 3.63) is 41.2 Å². The first-order chi connectivity index (χ1) is 15.5. The van der Waals surface area contributed by atoms with E-state index in [0.29, 0.717) is 19.0 Å². The molecular weight excluding hydrogens is 450 g/mol. The van der Waals surface area contributed by atoms with Gasteiger partial charge in [0, 0.05) is 24.7 Å². The average Bonchev–Trinajstić information content (AvgIpc) is 3.28. The largest absolute Gasteiger partial charge is 0.461 e. The van der Waals surface area contributed by atoms with Gasteiger partial charge in [-0.3, -0.25) is 4.90 Å². The molecular formula is C22H22F6N4O. The van der Waals surface area contributed by atoms with E-state index in [2.05, 4.69) is 21.9 Å². The van der Waals surface area contributed by atoms with Crippen LogP contribution in [0.15, 0.2) is 24.3 Å². The Bertz CT molecular complexity index is 1160. The normalized spacial score (nSPS) is 20.9. The number of anilines is 1. The van der Waals surface area contributed by atoms with Crippen LogP contribution in [0, 0.1) is 5.82 Å². The van der Waals surface area contributed by atoms with Crippen LogP contribution in [0.1, 0.15) is 37.3 Å². The summed E-state index contributed by atoms with van der Waals surface area (Å²) < 4.78 is 87.6. The Kier molecular flexibility index (Phi) is 5.80. The maximum atomic E-state index is 14.8. The first kappa shape index (κ1) is 23.3. The fourth-order valence-corrected chi connectivity index (χ4v) is 4.83. The Balaban J connectivity index is 1.76. The summed E-state index contributed by atoms with van der Waals surface area (Å²) >= 11 is 0. The lowest BCUT2D eigenvalue weighted by Crippen LogP contribution is -2.43. The minimum atomic E-state index is -4.81.